The number of anilines is 1. The summed E-state index contributed by atoms with van der Waals surface area (Å²) in [6.07, 6.45) is 5.18. The molecule has 1 atom stereocenters. The Hall–Kier alpha value is -3.22. The lowest BCUT2D eigenvalue weighted by Crippen LogP contribution is -2.50. The van der Waals surface area contributed by atoms with E-state index in [1.807, 2.05) is 36.9 Å². The number of nitrogens with zero attached hydrogens (tertiary/aromatic N) is 3. The van der Waals surface area contributed by atoms with E-state index >= 15 is 0 Å². The lowest BCUT2D eigenvalue weighted by Gasteiger charge is -2.38. The summed E-state index contributed by atoms with van der Waals surface area (Å²) in [6.45, 7) is 5.13. The summed E-state index contributed by atoms with van der Waals surface area (Å²) >= 11 is 0. The van der Waals surface area contributed by atoms with Crippen LogP contribution in [-0.2, 0) is 9.63 Å². The number of aryl methyl sites for hydroxylation is 2. The number of amides is 2. The van der Waals surface area contributed by atoms with E-state index in [4.69, 9.17) is 4.84 Å². The third kappa shape index (κ3) is 3.99. The van der Waals surface area contributed by atoms with E-state index in [0.29, 0.717) is 36.5 Å². The van der Waals surface area contributed by atoms with Crippen molar-refractivity contribution in [2.24, 2.45) is 5.16 Å². The van der Waals surface area contributed by atoms with Crippen LogP contribution in [0.4, 0.5) is 5.69 Å². The summed E-state index contributed by atoms with van der Waals surface area (Å²) in [7, 11) is 0. The van der Waals surface area contributed by atoms with Gasteiger partial charge in [-0.1, -0.05) is 11.2 Å². The zero-order valence-corrected chi connectivity index (χ0v) is 16.6. The highest BCUT2D eigenvalue weighted by atomic mass is 16.7. The molecule has 7 nitrogen and oxygen atoms in total. The molecule has 0 radical (unpaired) electrons. The van der Waals surface area contributed by atoms with Gasteiger partial charge in [-0.15, -0.1) is 0 Å². The van der Waals surface area contributed by atoms with Crippen molar-refractivity contribution in [2.45, 2.75) is 38.7 Å². The molecule has 2 aliphatic rings. The lowest BCUT2D eigenvalue weighted by molar-refractivity contribution is -0.110. The molecule has 7 heteroatoms. The van der Waals surface area contributed by atoms with E-state index in [2.05, 4.69) is 15.5 Å². The quantitative estimate of drug-likeness (QED) is 0.870. The Morgan fingerprint density at radius 1 is 1.21 bits per heavy atom. The van der Waals surface area contributed by atoms with Crippen LogP contribution in [-0.4, -0.2) is 46.1 Å². The van der Waals surface area contributed by atoms with Gasteiger partial charge in [0.25, 0.3) is 11.8 Å². The molecule has 0 bridgehead atoms. The maximum atomic E-state index is 13.0. The first-order chi connectivity index (χ1) is 14.0. The summed E-state index contributed by atoms with van der Waals surface area (Å²) in [5.41, 5.74) is 3.25. The van der Waals surface area contributed by atoms with Crippen molar-refractivity contribution in [3.05, 3.63) is 59.4 Å². The molecule has 1 aromatic heterocycles. The number of benzene rings is 1. The predicted octanol–water partition coefficient (Wildman–Crippen LogP) is 3.09. The first-order valence-electron chi connectivity index (χ1n) is 9.79. The molecule has 1 aromatic carbocycles. The van der Waals surface area contributed by atoms with Gasteiger partial charge in [-0.2, -0.15) is 0 Å². The van der Waals surface area contributed by atoms with Gasteiger partial charge in [0.1, 0.15) is 5.71 Å². The van der Waals surface area contributed by atoms with E-state index in [0.717, 1.165) is 24.0 Å². The zero-order valence-electron chi connectivity index (χ0n) is 16.6. The van der Waals surface area contributed by atoms with Crippen LogP contribution in [0.1, 0.15) is 40.7 Å². The number of rotatable bonds is 3. The third-order valence-corrected chi connectivity index (χ3v) is 5.60. The predicted molar refractivity (Wildman–Crippen MR) is 110 cm³/mol. The second-order valence-electron chi connectivity index (χ2n) is 7.81. The van der Waals surface area contributed by atoms with E-state index in [-0.39, 0.29) is 11.8 Å². The average Bonchev–Trinajstić information content (AvgIpc) is 3.13. The molecule has 2 aromatic rings. The summed E-state index contributed by atoms with van der Waals surface area (Å²) in [5.74, 6) is -0.309. The van der Waals surface area contributed by atoms with Crippen LogP contribution < -0.4 is 5.32 Å². The van der Waals surface area contributed by atoms with Gasteiger partial charge < -0.3 is 15.1 Å². The minimum Gasteiger partial charge on any atom is -0.386 e. The molecular weight excluding hydrogens is 368 g/mol. The van der Waals surface area contributed by atoms with Crippen LogP contribution in [0, 0.1) is 13.8 Å². The van der Waals surface area contributed by atoms with Crippen molar-refractivity contribution in [1.82, 2.24) is 9.88 Å². The van der Waals surface area contributed by atoms with E-state index in [9.17, 15) is 9.59 Å². The molecule has 29 heavy (non-hydrogen) atoms. The molecule has 1 fully saturated rings. The third-order valence-electron chi connectivity index (χ3n) is 5.60. The first-order valence-corrected chi connectivity index (χ1v) is 9.79. The molecule has 1 unspecified atom stereocenters. The van der Waals surface area contributed by atoms with Gasteiger partial charge in [0.15, 0.2) is 5.60 Å². The van der Waals surface area contributed by atoms with Crippen molar-refractivity contribution < 1.29 is 14.4 Å². The average molecular weight is 392 g/mol. The lowest BCUT2D eigenvalue weighted by atomic mass is 9.87. The van der Waals surface area contributed by atoms with Gasteiger partial charge in [0.2, 0.25) is 0 Å². The molecule has 1 N–H and O–H groups in total. The molecular formula is C22H24N4O3. The first kappa shape index (κ1) is 19.1. The largest absolute Gasteiger partial charge is 0.386 e. The Morgan fingerprint density at radius 3 is 2.83 bits per heavy atom. The molecule has 3 heterocycles. The van der Waals surface area contributed by atoms with Crippen LogP contribution in [0.15, 0.2) is 47.9 Å². The standard InChI is InChI=1S/C22H24N4O3/c1-15-6-7-17(11-16(15)2)21(28)26-10-4-8-22(14-26)12-19(25-29-22)20(27)24-18-5-3-9-23-13-18/h3,5-7,9,11,13H,4,8,10,12,14H2,1-2H3,(H,24,27). The molecule has 2 aliphatic heterocycles. The van der Waals surface area contributed by atoms with Gasteiger partial charge in [-0.25, -0.2) is 0 Å². The number of hydrogen-bond acceptors (Lipinski definition) is 5. The van der Waals surface area contributed by atoms with E-state index < -0.39 is 5.60 Å². The fourth-order valence-electron chi connectivity index (χ4n) is 3.83. The highest BCUT2D eigenvalue weighted by molar-refractivity contribution is 6.43. The van der Waals surface area contributed by atoms with E-state index in [1.54, 1.807) is 24.5 Å². The maximum absolute atomic E-state index is 13.0. The fraction of sp³-hybridized carbons (Fsp3) is 0.364. The molecule has 4 rings (SSSR count). The minimum atomic E-state index is -0.630. The SMILES string of the molecule is Cc1ccc(C(=O)N2CCCC3(CC(C(=O)Nc4cccnc4)=NO3)C2)cc1C. The number of nitrogens with one attached hydrogen (secondary N) is 1. The Labute approximate surface area is 169 Å². The van der Waals surface area contributed by atoms with Gasteiger partial charge in [-0.3, -0.25) is 14.6 Å². The Bertz CT molecular complexity index is 973. The molecule has 0 saturated carbocycles. The van der Waals surface area contributed by atoms with Crippen LogP contribution >= 0.6 is 0 Å². The second kappa shape index (κ2) is 7.66. The van der Waals surface area contributed by atoms with Crippen LogP contribution in [0.5, 0.6) is 0 Å². The van der Waals surface area contributed by atoms with Crippen molar-refractivity contribution in [3.63, 3.8) is 0 Å². The summed E-state index contributed by atoms with van der Waals surface area (Å²) in [4.78, 5) is 37.1. The normalized spacial score (nSPS) is 20.9. The Kier molecular flexibility index (Phi) is 5.05. The van der Waals surface area contributed by atoms with Gasteiger partial charge in [0.05, 0.1) is 18.4 Å². The number of carbonyl (C=O) groups is 2. The van der Waals surface area contributed by atoms with Crippen LogP contribution in [0.2, 0.25) is 0 Å². The van der Waals surface area contributed by atoms with Crippen molar-refractivity contribution in [2.75, 3.05) is 18.4 Å². The van der Waals surface area contributed by atoms with Gasteiger partial charge in [-0.05, 0) is 62.1 Å². The van der Waals surface area contributed by atoms with Crippen molar-refractivity contribution in [1.29, 1.82) is 0 Å². The monoisotopic (exact) mass is 392 g/mol. The smallest absolute Gasteiger partial charge is 0.273 e. The fourth-order valence-corrected chi connectivity index (χ4v) is 3.83. The summed E-state index contributed by atoms with van der Waals surface area (Å²) in [5, 5.41) is 6.83. The number of pyridine rings is 1. The van der Waals surface area contributed by atoms with E-state index in [1.165, 1.54) is 0 Å². The number of carbonyl (C=O) groups excluding carboxylic acids is 2. The number of hydrogen-bond donors (Lipinski definition) is 1. The van der Waals surface area contributed by atoms with Crippen LogP contribution in [0.25, 0.3) is 0 Å². The van der Waals surface area contributed by atoms with Crippen LogP contribution in [0.3, 0.4) is 0 Å². The Balaban J connectivity index is 1.42. The Morgan fingerprint density at radius 2 is 2.07 bits per heavy atom. The molecule has 0 aliphatic carbocycles. The number of likely N-dealkylation sites (tertiary alicyclic amines) is 1. The van der Waals surface area contributed by atoms with Crippen molar-refractivity contribution >= 4 is 23.2 Å². The molecule has 1 spiro atoms. The number of oxime groups is 1. The second-order valence-corrected chi connectivity index (χ2v) is 7.81. The van der Waals surface area contributed by atoms with Crippen molar-refractivity contribution in [3.8, 4) is 0 Å². The summed E-state index contributed by atoms with van der Waals surface area (Å²) < 4.78 is 0. The topological polar surface area (TPSA) is 83.9 Å². The number of piperidine rings is 1. The highest BCUT2D eigenvalue weighted by Crippen LogP contribution is 2.34. The zero-order chi connectivity index (χ0) is 20.4. The number of aromatic nitrogens is 1. The minimum absolute atomic E-state index is 0.0102. The van der Waals surface area contributed by atoms with Gasteiger partial charge in [0, 0.05) is 24.7 Å². The van der Waals surface area contributed by atoms with Gasteiger partial charge >= 0.3 is 0 Å². The highest BCUT2D eigenvalue weighted by Gasteiger charge is 2.45. The molecule has 150 valence electrons. The molecule has 1 saturated heterocycles. The summed E-state index contributed by atoms with van der Waals surface area (Å²) in [6, 6.07) is 9.28. The maximum Gasteiger partial charge on any atom is 0.273 e. The molecule has 2 amide bonds.